The van der Waals surface area contributed by atoms with Crippen LogP contribution >= 0.6 is 23.1 Å². The molecule has 1 aliphatic rings. The lowest BCUT2D eigenvalue weighted by Gasteiger charge is -2.15. The third-order valence-corrected chi connectivity index (χ3v) is 5.84. The first-order chi connectivity index (χ1) is 11.5. The molecule has 0 radical (unpaired) electrons. The lowest BCUT2D eigenvalue weighted by molar-refractivity contribution is -0.115. The molecule has 0 saturated heterocycles. The first-order valence-electron chi connectivity index (χ1n) is 8.19. The number of aromatic nitrogens is 2. The van der Waals surface area contributed by atoms with Gasteiger partial charge in [0, 0.05) is 11.7 Å². The molecule has 0 aliphatic heterocycles. The van der Waals surface area contributed by atoms with Crippen LogP contribution in [-0.2, 0) is 4.79 Å². The van der Waals surface area contributed by atoms with E-state index in [1.165, 1.54) is 35.9 Å². The number of para-hydroxylation sites is 1. The van der Waals surface area contributed by atoms with Crippen molar-refractivity contribution in [3.63, 3.8) is 0 Å². The average molecular weight is 363 g/mol. The minimum absolute atomic E-state index is 0.0139. The van der Waals surface area contributed by atoms with Gasteiger partial charge in [0.25, 0.3) is 0 Å². The zero-order valence-corrected chi connectivity index (χ0v) is 15.7. The van der Waals surface area contributed by atoms with Gasteiger partial charge in [-0.15, -0.1) is 10.2 Å². The molecule has 1 saturated carbocycles. The fraction of sp³-hybridized carbons (Fsp3) is 0.471. The third kappa shape index (κ3) is 4.48. The SMILES string of the molecule is CC(Sc1nnc(NC2CC2)s1)C(=O)Nc1ccccc1C(C)C. The van der Waals surface area contributed by atoms with Crippen molar-refractivity contribution in [3.05, 3.63) is 29.8 Å². The van der Waals surface area contributed by atoms with Crippen LogP contribution in [0.5, 0.6) is 0 Å². The van der Waals surface area contributed by atoms with Crippen molar-refractivity contribution >= 4 is 39.8 Å². The maximum absolute atomic E-state index is 12.5. The van der Waals surface area contributed by atoms with E-state index in [-0.39, 0.29) is 11.2 Å². The Morgan fingerprint density at radius 2 is 2.00 bits per heavy atom. The Morgan fingerprint density at radius 1 is 1.25 bits per heavy atom. The predicted octanol–water partition coefficient (Wildman–Crippen LogP) is 4.36. The highest BCUT2D eigenvalue weighted by molar-refractivity contribution is 8.02. The first-order valence-corrected chi connectivity index (χ1v) is 9.89. The van der Waals surface area contributed by atoms with Crippen LogP contribution in [-0.4, -0.2) is 27.4 Å². The van der Waals surface area contributed by atoms with Crippen LogP contribution < -0.4 is 10.6 Å². The van der Waals surface area contributed by atoms with Crippen LogP contribution in [0.25, 0.3) is 0 Å². The van der Waals surface area contributed by atoms with E-state index >= 15 is 0 Å². The van der Waals surface area contributed by atoms with E-state index < -0.39 is 0 Å². The fourth-order valence-corrected chi connectivity index (χ4v) is 4.24. The molecule has 2 aromatic rings. The number of hydrogen-bond acceptors (Lipinski definition) is 6. The van der Waals surface area contributed by atoms with Crippen LogP contribution in [0.4, 0.5) is 10.8 Å². The zero-order valence-electron chi connectivity index (χ0n) is 14.1. The number of carbonyl (C=O) groups excluding carboxylic acids is 1. The molecule has 3 rings (SSSR count). The number of amides is 1. The second-order valence-corrected chi connectivity index (χ2v) is 8.85. The fourth-order valence-electron chi connectivity index (χ4n) is 2.27. The molecule has 1 fully saturated rings. The molecule has 0 bridgehead atoms. The van der Waals surface area contributed by atoms with Crippen molar-refractivity contribution in [2.75, 3.05) is 10.6 Å². The van der Waals surface area contributed by atoms with E-state index in [1.807, 2.05) is 25.1 Å². The summed E-state index contributed by atoms with van der Waals surface area (Å²) in [5.41, 5.74) is 2.04. The number of thioether (sulfide) groups is 1. The first kappa shape index (κ1) is 17.2. The Hall–Kier alpha value is -1.60. The summed E-state index contributed by atoms with van der Waals surface area (Å²) in [6, 6.07) is 8.51. The number of anilines is 2. The van der Waals surface area contributed by atoms with Crippen molar-refractivity contribution in [1.29, 1.82) is 0 Å². The minimum Gasteiger partial charge on any atom is -0.357 e. The number of benzene rings is 1. The van der Waals surface area contributed by atoms with Gasteiger partial charge in [0.2, 0.25) is 11.0 Å². The number of hydrogen-bond donors (Lipinski definition) is 2. The van der Waals surface area contributed by atoms with Gasteiger partial charge < -0.3 is 10.6 Å². The quantitative estimate of drug-likeness (QED) is 0.717. The third-order valence-electron chi connectivity index (χ3n) is 3.80. The van der Waals surface area contributed by atoms with Gasteiger partial charge in [-0.3, -0.25) is 4.79 Å². The van der Waals surface area contributed by atoms with Gasteiger partial charge in [0.1, 0.15) is 0 Å². The normalized spacial score (nSPS) is 15.3. The summed E-state index contributed by atoms with van der Waals surface area (Å²) in [7, 11) is 0. The maximum Gasteiger partial charge on any atom is 0.237 e. The molecule has 0 spiro atoms. The minimum atomic E-state index is -0.230. The van der Waals surface area contributed by atoms with Crippen molar-refractivity contribution in [3.8, 4) is 0 Å². The van der Waals surface area contributed by atoms with Crippen LogP contribution in [0.2, 0.25) is 0 Å². The molecular formula is C17H22N4OS2. The predicted molar refractivity (Wildman–Crippen MR) is 101 cm³/mol. The second-order valence-electron chi connectivity index (χ2n) is 6.28. The highest BCUT2D eigenvalue weighted by atomic mass is 32.2. The highest BCUT2D eigenvalue weighted by Crippen LogP contribution is 2.32. The van der Waals surface area contributed by atoms with Crippen LogP contribution in [0.15, 0.2) is 28.6 Å². The van der Waals surface area contributed by atoms with E-state index in [0.29, 0.717) is 12.0 Å². The standard InChI is InChI=1S/C17H22N4OS2/c1-10(2)13-6-4-5-7-14(13)19-15(22)11(3)23-17-21-20-16(24-17)18-12-8-9-12/h4-7,10-12H,8-9H2,1-3H3,(H,18,20)(H,19,22). The Bertz CT molecular complexity index is 712. The molecule has 2 N–H and O–H groups in total. The van der Waals surface area contributed by atoms with Gasteiger partial charge in [-0.1, -0.05) is 55.1 Å². The van der Waals surface area contributed by atoms with Gasteiger partial charge >= 0.3 is 0 Å². The van der Waals surface area contributed by atoms with Gasteiger partial charge in [0.15, 0.2) is 4.34 Å². The van der Waals surface area contributed by atoms with Crippen molar-refractivity contribution < 1.29 is 4.79 Å². The van der Waals surface area contributed by atoms with Crippen LogP contribution in [0, 0.1) is 0 Å². The van der Waals surface area contributed by atoms with Crippen LogP contribution in [0.1, 0.15) is 45.1 Å². The summed E-state index contributed by atoms with van der Waals surface area (Å²) in [5.74, 6) is 0.351. The second kappa shape index (κ2) is 7.53. The summed E-state index contributed by atoms with van der Waals surface area (Å²) >= 11 is 2.96. The number of nitrogens with one attached hydrogen (secondary N) is 2. The lowest BCUT2D eigenvalue weighted by Crippen LogP contribution is -2.23. The molecule has 1 atom stereocenters. The van der Waals surface area contributed by atoms with E-state index in [0.717, 1.165) is 20.7 Å². The molecule has 1 amide bonds. The molecule has 1 aromatic heterocycles. The lowest BCUT2D eigenvalue weighted by atomic mass is 10.0. The van der Waals surface area contributed by atoms with Gasteiger partial charge in [-0.2, -0.15) is 0 Å². The molecule has 5 nitrogen and oxygen atoms in total. The molecular weight excluding hydrogens is 340 g/mol. The molecule has 1 aliphatic carbocycles. The summed E-state index contributed by atoms with van der Waals surface area (Å²) < 4.78 is 0.818. The van der Waals surface area contributed by atoms with Crippen molar-refractivity contribution in [2.24, 2.45) is 0 Å². The molecule has 1 aromatic carbocycles. The monoisotopic (exact) mass is 362 g/mol. The van der Waals surface area contributed by atoms with Gasteiger partial charge in [0.05, 0.1) is 5.25 Å². The van der Waals surface area contributed by atoms with Crippen LogP contribution in [0.3, 0.4) is 0 Å². The number of rotatable bonds is 7. The molecule has 1 unspecified atom stereocenters. The number of carbonyl (C=O) groups is 1. The van der Waals surface area contributed by atoms with Crippen molar-refractivity contribution in [1.82, 2.24) is 10.2 Å². The van der Waals surface area contributed by atoms with E-state index in [2.05, 4.69) is 40.7 Å². The summed E-state index contributed by atoms with van der Waals surface area (Å²) in [4.78, 5) is 12.5. The summed E-state index contributed by atoms with van der Waals surface area (Å²) in [6.07, 6.45) is 2.41. The Kier molecular flexibility index (Phi) is 5.40. The largest absolute Gasteiger partial charge is 0.357 e. The summed E-state index contributed by atoms with van der Waals surface area (Å²) in [6.45, 7) is 6.14. The maximum atomic E-state index is 12.5. The molecule has 24 heavy (non-hydrogen) atoms. The molecule has 128 valence electrons. The Labute approximate surface area is 150 Å². The Morgan fingerprint density at radius 3 is 2.71 bits per heavy atom. The van der Waals surface area contributed by atoms with Gasteiger partial charge in [-0.05, 0) is 37.3 Å². The van der Waals surface area contributed by atoms with Gasteiger partial charge in [-0.25, -0.2) is 0 Å². The van der Waals surface area contributed by atoms with Crippen molar-refractivity contribution in [2.45, 2.75) is 55.2 Å². The Balaban J connectivity index is 1.59. The van der Waals surface area contributed by atoms with E-state index in [1.54, 1.807) is 0 Å². The highest BCUT2D eigenvalue weighted by Gasteiger charge is 2.23. The van der Waals surface area contributed by atoms with E-state index in [9.17, 15) is 4.79 Å². The average Bonchev–Trinajstić information content (AvgIpc) is 3.26. The summed E-state index contributed by atoms with van der Waals surface area (Å²) in [5, 5.41) is 15.3. The smallest absolute Gasteiger partial charge is 0.237 e. The van der Waals surface area contributed by atoms with E-state index in [4.69, 9.17) is 0 Å². The molecule has 1 heterocycles. The zero-order chi connectivity index (χ0) is 17.1. The number of nitrogens with zero attached hydrogens (tertiary/aromatic N) is 2. The topological polar surface area (TPSA) is 66.9 Å². The molecule has 7 heteroatoms.